The van der Waals surface area contributed by atoms with E-state index < -0.39 is 0 Å². The van der Waals surface area contributed by atoms with Crippen LogP contribution in [0.5, 0.6) is 0 Å². The third-order valence-corrected chi connectivity index (χ3v) is 3.05. The Morgan fingerprint density at radius 3 is 2.32 bits per heavy atom. The average molecular weight is 295 g/mol. The number of benzene rings is 1. The lowest BCUT2D eigenvalue weighted by atomic mass is 10.2. The van der Waals surface area contributed by atoms with Crippen LogP contribution in [0.2, 0.25) is 0 Å². The summed E-state index contributed by atoms with van der Waals surface area (Å²) in [5.41, 5.74) is 3.05. The van der Waals surface area contributed by atoms with E-state index in [0.717, 1.165) is 23.0 Å². The van der Waals surface area contributed by atoms with E-state index in [0.29, 0.717) is 11.8 Å². The van der Waals surface area contributed by atoms with Crippen molar-refractivity contribution in [3.8, 4) is 0 Å². The minimum atomic E-state index is 0.475. The van der Waals surface area contributed by atoms with Crippen LogP contribution in [0.3, 0.4) is 0 Å². The highest BCUT2D eigenvalue weighted by Gasteiger charge is 2.06. The van der Waals surface area contributed by atoms with E-state index >= 15 is 0 Å². The van der Waals surface area contributed by atoms with Crippen LogP contribution in [-0.2, 0) is 0 Å². The summed E-state index contributed by atoms with van der Waals surface area (Å²) < 4.78 is 5.02. The topological polar surface area (TPSA) is 75.9 Å². The smallest absolute Gasteiger partial charge is 0.230 e. The van der Waals surface area contributed by atoms with Gasteiger partial charge in [-0.3, -0.25) is 0 Å². The Labute approximate surface area is 128 Å². The molecule has 0 radical (unpaired) electrons. The number of aryl methyl sites for hydroxylation is 3. The number of anilines is 4. The first-order valence-electron chi connectivity index (χ1n) is 6.98. The summed E-state index contributed by atoms with van der Waals surface area (Å²) in [7, 11) is 0. The minimum absolute atomic E-state index is 0.475. The summed E-state index contributed by atoms with van der Waals surface area (Å²) in [5.74, 6) is 2.51. The van der Waals surface area contributed by atoms with Gasteiger partial charge in [-0.25, -0.2) is 4.98 Å². The number of nitrogens with one attached hydrogen (secondary N) is 2. The van der Waals surface area contributed by atoms with Crippen molar-refractivity contribution in [2.75, 3.05) is 10.6 Å². The average Bonchev–Trinajstić information content (AvgIpc) is 2.86. The monoisotopic (exact) mass is 295 g/mol. The first-order chi connectivity index (χ1) is 10.6. The molecule has 0 spiro atoms. The lowest BCUT2D eigenvalue weighted by Crippen LogP contribution is -2.02. The maximum Gasteiger partial charge on any atom is 0.230 e. The van der Waals surface area contributed by atoms with Gasteiger partial charge < -0.3 is 15.2 Å². The van der Waals surface area contributed by atoms with Gasteiger partial charge in [-0.2, -0.15) is 4.98 Å². The van der Waals surface area contributed by atoms with Crippen molar-refractivity contribution >= 4 is 23.3 Å². The second-order valence-electron chi connectivity index (χ2n) is 5.16. The second-order valence-corrected chi connectivity index (χ2v) is 5.16. The molecule has 6 nitrogen and oxygen atoms in total. The number of hydrogen-bond donors (Lipinski definition) is 2. The molecular formula is C16H17N5O. The van der Waals surface area contributed by atoms with E-state index in [-0.39, 0.29) is 0 Å². The Balaban J connectivity index is 1.81. The van der Waals surface area contributed by atoms with Crippen molar-refractivity contribution in [2.24, 2.45) is 0 Å². The SMILES string of the molecule is Cc1ccc(Nc2cc(C)nc(Nc3cc(C)on3)n2)cc1. The molecule has 0 fully saturated rings. The molecule has 2 heterocycles. The van der Waals surface area contributed by atoms with E-state index in [1.165, 1.54) is 5.56 Å². The van der Waals surface area contributed by atoms with Gasteiger partial charge >= 0.3 is 0 Å². The van der Waals surface area contributed by atoms with Gasteiger partial charge in [0.1, 0.15) is 11.6 Å². The van der Waals surface area contributed by atoms with Crippen molar-refractivity contribution in [1.29, 1.82) is 0 Å². The van der Waals surface area contributed by atoms with Crippen molar-refractivity contribution in [1.82, 2.24) is 15.1 Å². The minimum Gasteiger partial charge on any atom is -0.360 e. The quantitative estimate of drug-likeness (QED) is 0.760. The van der Waals surface area contributed by atoms with Gasteiger partial charge in [0.25, 0.3) is 0 Å². The Hall–Kier alpha value is -2.89. The fraction of sp³-hybridized carbons (Fsp3) is 0.188. The van der Waals surface area contributed by atoms with Crippen molar-refractivity contribution in [3.63, 3.8) is 0 Å². The Bertz CT molecular complexity index is 779. The largest absolute Gasteiger partial charge is 0.360 e. The highest BCUT2D eigenvalue weighted by molar-refractivity contribution is 5.59. The van der Waals surface area contributed by atoms with E-state index in [9.17, 15) is 0 Å². The lowest BCUT2D eigenvalue weighted by molar-refractivity contribution is 0.400. The van der Waals surface area contributed by atoms with Gasteiger partial charge in [0.15, 0.2) is 5.82 Å². The van der Waals surface area contributed by atoms with E-state index in [1.54, 1.807) is 6.07 Å². The predicted octanol–water partition coefficient (Wildman–Crippen LogP) is 3.88. The number of nitrogens with zero attached hydrogens (tertiary/aromatic N) is 3. The third kappa shape index (κ3) is 3.41. The maximum atomic E-state index is 5.02. The van der Waals surface area contributed by atoms with Crippen LogP contribution in [0.25, 0.3) is 0 Å². The highest BCUT2D eigenvalue weighted by atomic mass is 16.5. The molecule has 2 aromatic heterocycles. The number of aromatic nitrogens is 3. The molecule has 0 saturated heterocycles. The zero-order valence-electron chi connectivity index (χ0n) is 12.7. The van der Waals surface area contributed by atoms with Gasteiger partial charge in [-0.05, 0) is 32.9 Å². The fourth-order valence-corrected chi connectivity index (χ4v) is 2.01. The summed E-state index contributed by atoms with van der Waals surface area (Å²) in [5, 5.41) is 10.2. The van der Waals surface area contributed by atoms with Gasteiger partial charge in [-0.1, -0.05) is 22.9 Å². The van der Waals surface area contributed by atoms with Gasteiger partial charge in [0.05, 0.1) is 0 Å². The van der Waals surface area contributed by atoms with E-state index in [4.69, 9.17) is 4.52 Å². The molecule has 0 amide bonds. The summed E-state index contributed by atoms with van der Waals surface area (Å²) in [6.07, 6.45) is 0. The molecule has 112 valence electrons. The zero-order chi connectivity index (χ0) is 15.5. The van der Waals surface area contributed by atoms with Crippen molar-refractivity contribution in [3.05, 3.63) is 53.4 Å². The Morgan fingerprint density at radius 1 is 0.864 bits per heavy atom. The van der Waals surface area contributed by atoms with Gasteiger partial charge in [0, 0.05) is 23.5 Å². The molecule has 0 saturated carbocycles. The first-order valence-corrected chi connectivity index (χ1v) is 6.98. The predicted molar refractivity (Wildman–Crippen MR) is 85.8 cm³/mol. The fourth-order valence-electron chi connectivity index (χ4n) is 2.01. The van der Waals surface area contributed by atoms with Crippen molar-refractivity contribution in [2.45, 2.75) is 20.8 Å². The molecule has 6 heteroatoms. The molecule has 0 bridgehead atoms. The van der Waals surface area contributed by atoms with Crippen LogP contribution in [0.4, 0.5) is 23.3 Å². The molecule has 0 aliphatic heterocycles. The molecule has 0 aliphatic rings. The standard InChI is InChI=1S/C16H17N5O/c1-10-4-6-13(7-5-10)18-14-8-11(2)17-16(19-14)20-15-9-12(3)22-21-15/h4-9H,1-3H3,(H2,17,18,19,20,21). The van der Waals surface area contributed by atoms with E-state index in [1.807, 2.05) is 44.2 Å². The van der Waals surface area contributed by atoms with Crippen molar-refractivity contribution < 1.29 is 4.52 Å². The molecule has 3 aromatic rings. The summed E-state index contributed by atoms with van der Waals surface area (Å²) in [4.78, 5) is 8.79. The molecule has 0 unspecified atom stereocenters. The highest BCUT2D eigenvalue weighted by Crippen LogP contribution is 2.19. The van der Waals surface area contributed by atoms with Crippen LogP contribution in [0.1, 0.15) is 17.0 Å². The molecule has 1 aromatic carbocycles. The summed E-state index contributed by atoms with van der Waals surface area (Å²) in [6, 6.07) is 11.8. The van der Waals surface area contributed by atoms with Gasteiger partial charge in [0.2, 0.25) is 5.95 Å². The molecule has 3 rings (SSSR count). The summed E-state index contributed by atoms with van der Waals surface area (Å²) in [6.45, 7) is 5.81. The molecule has 0 atom stereocenters. The van der Waals surface area contributed by atoms with Crippen LogP contribution in [0, 0.1) is 20.8 Å². The number of hydrogen-bond acceptors (Lipinski definition) is 6. The zero-order valence-corrected chi connectivity index (χ0v) is 12.7. The molecule has 2 N–H and O–H groups in total. The Morgan fingerprint density at radius 2 is 1.64 bits per heavy atom. The van der Waals surface area contributed by atoms with Crippen LogP contribution < -0.4 is 10.6 Å². The molecule has 0 aliphatic carbocycles. The summed E-state index contributed by atoms with van der Waals surface area (Å²) >= 11 is 0. The van der Waals surface area contributed by atoms with Gasteiger partial charge in [-0.15, -0.1) is 0 Å². The maximum absolute atomic E-state index is 5.02. The first kappa shape index (κ1) is 14.1. The number of rotatable bonds is 4. The Kier molecular flexibility index (Phi) is 3.74. The molecule has 22 heavy (non-hydrogen) atoms. The van der Waals surface area contributed by atoms with Crippen LogP contribution >= 0.6 is 0 Å². The van der Waals surface area contributed by atoms with Crippen LogP contribution in [-0.4, -0.2) is 15.1 Å². The molecular weight excluding hydrogens is 278 g/mol. The van der Waals surface area contributed by atoms with E-state index in [2.05, 4.69) is 32.7 Å². The second kappa shape index (κ2) is 5.85. The normalized spacial score (nSPS) is 10.5. The third-order valence-electron chi connectivity index (χ3n) is 3.05. The van der Waals surface area contributed by atoms with Crippen LogP contribution in [0.15, 0.2) is 40.9 Å². The lowest BCUT2D eigenvalue weighted by Gasteiger charge is -2.09.